The Morgan fingerprint density at radius 1 is 1.28 bits per heavy atom. The number of thioether (sulfide) groups is 1. The molecule has 8 heteroatoms. The summed E-state index contributed by atoms with van der Waals surface area (Å²) >= 11 is 11.9. The molecule has 0 bridgehead atoms. The highest BCUT2D eigenvalue weighted by molar-refractivity contribution is 9.10. The van der Waals surface area contributed by atoms with Crippen molar-refractivity contribution in [2.24, 2.45) is 0 Å². The summed E-state index contributed by atoms with van der Waals surface area (Å²) in [6, 6.07) is 12.0. The van der Waals surface area contributed by atoms with E-state index in [0.29, 0.717) is 5.69 Å². The summed E-state index contributed by atoms with van der Waals surface area (Å²) in [5.41, 5.74) is 2.37. The first-order valence-corrected chi connectivity index (χ1v) is 10.1. The van der Waals surface area contributed by atoms with E-state index in [1.54, 1.807) is 0 Å². The zero-order valence-corrected chi connectivity index (χ0v) is 16.6. The van der Waals surface area contributed by atoms with E-state index >= 15 is 0 Å². The SMILES string of the molecule is O=C(CSc1nc(-c2ccc(Br)cc2)cs1)Nc1ccc(F)c(Cl)c1. The van der Waals surface area contributed by atoms with Crippen LogP contribution in [-0.4, -0.2) is 16.6 Å². The standard InChI is InChI=1S/C17H11BrClFN2OS2/c18-11-3-1-10(2-4-11)15-8-24-17(22-15)25-9-16(23)21-12-5-6-14(20)13(19)7-12/h1-8H,9H2,(H,21,23). The molecule has 3 rings (SSSR count). The number of hydrogen-bond acceptors (Lipinski definition) is 4. The number of hydrogen-bond donors (Lipinski definition) is 1. The minimum absolute atomic E-state index is 0.0236. The average molecular weight is 458 g/mol. The van der Waals surface area contributed by atoms with Crippen LogP contribution in [0.15, 0.2) is 56.7 Å². The molecule has 0 aliphatic carbocycles. The van der Waals surface area contributed by atoms with Crippen molar-refractivity contribution in [1.82, 2.24) is 4.98 Å². The molecule has 0 radical (unpaired) electrons. The van der Waals surface area contributed by atoms with E-state index < -0.39 is 5.82 Å². The first-order chi connectivity index (χ1) is 12.0. The molecule has 0 saturated heterocycles. The van der Waals surface area contributed by atoms with E-state index in [0.717, 1.165) is 20.1 Å². The largest absolute Gasteiger partial charge is 0.325 e. The molecule has 0 saturated carbocycles. The fourth-order valence-electron chi connectivity index (χ4n) is 1.98. The van der Waals surface area contributed by atoms with Crippen molar-refractivity contribution in [2.75, 3.05) is 11.1 Å². The number of rotatable bonds is 5. The van der Waals surface area contributed by atoms with Crippen molar-refractivity contribution in [1.29, 1.82) is 0 Å². The topological polar surface area (TPSA) is 42.0 Å². The van der Waals surface area contributed by atoms with Crippen LogP contribution in [0.25, 0.3) is 11.3 Å². The van der Waals surface area contributed by atoms with Gasteiger partial charge in [-0.1, -0.05) is 51.4 Å². The van der Waals surface area contributed by atoms with Gasteiger partial charge in [-0.3, -0.25) is 4.79 Å². The first-order valence-electron chi connectivity index (χ1n) is 7.10. The third-order valence-electron chi connectivity index (χ3n) is 3.15. The second-order valence-electron chi connectivity index (χ2n) is 4.97. The first kappa shape index (κ1) is 18.4. The number of carbonyl (C=O) groups excluding carboxylic acids is 1. The number of halogens is 3. The van der Waals surface area contributed by atoms with Gasteiger partial charge in [-0.25, -0.2) is 9.37 Å². The van der Waals surface area contributed by atoms with Gasteiger partial charge in [-0.2, -0.15) is 0 Å². The molecular formula is C17H11BrClFN2OS2. The maximum absolute atomic E-state index is 13.1. The van der Waals surface area contributed by atoms with Crippen molar-refractivity contribution < 1.29 is 9.18 Å². The van der Waals surface area contributed by atoms with Crippen LogP contribution in [0, 0.1) is 5.82 Å². The van der Waals surface area contributed by atoms with Crippen LogP contribution in [0.1, 0.15) is 0 Å². The summed E-state index contributed by atoms with van der Waals surface area (Å²) < 4.78 is 14.9. The van der Waals surface area contributed by atoms with Crippen molar-refractivity contribution >= 4 is 62.2 Å². The molecule has 2 aromatic carbocycles. The molecule has 3 nitrogen and oxygen atoms in total. The second-order valence-corrected chi connectivity index (χ2v) is 8.37. The van der Waals surface area contributed by atoms with Crippen LogP contribution in [0.5, 0.6) is 0 Å². The number of nitrogens with zero attached hydrogens (tertiary/aromatic N) is 1. The molecule has 25 heavy (non-hydrogen) atoms. The molecule has 1 aromatic heterocycles. The normalized spacial score (nSPS) is 10.7. The van der Waals surface area contributed by atoms with Gasteiger partial charge in [-0.05, 0) is 30.3 Å². The molecule has 1 N–H and O–H groups in total. The number of aromatic nitrogens is 1. The molecule has 0 aliphatic rings. The number of anilines is 1. The summed E-state index contributed by atoms with van der Waals surface area (Å²) in [6.07, 6.45) is 0. The van der Waals surface area contributed by atoms with Gasteiger partial charge >= 0.3 is 0 Å². The maximum atomic E-state index is 13.1. The Labute approximate surface area is 165 Å². The van der Waals surface area contributed by atoms with Crippen molar-refractivity contribution in [2.45, 2.75) is 4.34 Å². The molecule has 128 valence electrons. The van der Waals surface area contributed by atoms with Gasteiger partial charge in [0.25, 0.3) is 0 Å². The minimum atomic E-state index is -0.516. The molecule has 0 unspecified atom stereocenters. The Bertz CT molecular complexity index is 902. The van der Waals surface area contributed by atoms with E-state index in [1.165, 1.54) is 41.3 Å². The number of carbonyl (C=O) groups is 1. The molecule has 0 atom stereocenters. The lowest BCUT2D eigenvalue weighted by Crippen LogP contribution is -2.13. The van der Waals surface area contributed by atoms with Crippen LogP contribution < -0.4 is 5.32 Å². The fourth-order valence-corrected chi connectivity index (χ4v) is 4.06. The predicted octanol–water partition coefficient (Wildman–Crippen LogP) is 6.10. The van der Waals surface area contributed by atoms with E-state index in [-0.39, 0.29) is 16.7 Å². The lowest BCUT2D eigenvalue weighted by Gasteiger charge is -2.05. The van der Waals surface area contributed by atoms with Crippen LogP contribution in [0.3, 0.4) is 0 Å². The van der Waals surface area contributed by atoms with Crippen LogP contribution in [-0.2, 0) is 4.79 Å². The summed E-state index contributed by atoms with van der Waals surface area (Å²) in [5.74, 6) is -0.507. The number of thiazole rings is 1. The Balaban J connectivity index is 1.57. The van der Waals surface area contributed by atoms with E-state index in [4.69, 9.17) is 11.6 Å². The van der Waals surface area contributed by atoms with E-state index in [1.807, 2.05) is 29.6 Å². The molecule has 1 heterocycles. The van der Waals surface area contributed by atoms with Crippen LogP contribution >= 0.6 is 50.6 Å². The molecule has 1 amide bonds. The summed E-state index contributed by atoms with van der Waals surface area (Å²) in [4.78, 5) is 16.5. The summed E-state index contributed by atoms with van der Waals surface area (Å²) in [5, 5.41) is 4.62. The zero-order chi connectivity index (χ0) is 17.8. The van der Waals surface area contributed by atoms with Gasteiger partial charge in [0.15, 0.2) is 4.34 Å². The van der Waals surface area contributed by atoms with Crippen LogP contribution in [0.2, 0.25) is 5.02 Å². The lowest BCUT2D eigenvalue weighted by molar-refractivity contribution is -0.113. The summed E-state index contributed by atoms with van der Waals surface area (Å²) in [7, 11) is 0. The number of amides is 1. The Morgan fingerprint density at radius 2 is 2.04 bits per heavy atom. The van der Waals surface area contributed by atoms with Gasteiger partial charge in [0, 0.05) is 21.1 Å². The fraction of sp³-hybridized carbons (Fsp3) is 0.0588. The highest BCUT2D eigenvalue weighted by atomic mass is 79.9. The average Bonchev–Trinajstić information content (AvgIpc) is 3.06. The Morgan fingerprint density at radius 3 is 2.76 bits per heavy atom. The minimum Gasteiger partial charge on any atom is -0.325 e. The third-order valence-corrected chi connectivity index (χ3v) is 5.99. The van der Waals surface area contributed by atoms with Gasteiger partial charge < -0.3 is 5.32 Å². The smallest absolute Gasteiger partial charge is 0.234 e. The molecule has 0 aliphatic heterocycles. The number of benzene rings is 2. The predicted molar refractivity (Wildman–Crippen MR) is 106 cm³/mol. The quantitative estimate of drug-likeness (QED) is 0.471. The summed E-state index contributed by atoms with van der Waals surface area (Å²) in [6.45, 7) is 0. The van der Waals surface area contributed by atoms with Crippen LogP contribution in [0.4, 0.5) is 10.1 Å². The Kier molecular flexibility index (Phi) is 6.11. The third kappa shape index (κ3) is 5.04. The highest BCUT2D eigenvalue weighted by Crippen LogP contribution is 2.29. The maximum Gasteiger partial charge on any atom is 0.234 e. The van der Waals surface area contributed by atoms with Gasteiger partial charge in [0.05, 0.1) is 16.5 Å². The van der Waals surface area contributed by atoms with Gasteiger partial charge in [0.2, 0.25) is 5.91 Å². The van der Waals surface area contributed by atoms with Gasteiger partial charge in [0.1, 0.15) is 5.82 Å². The molecule has 0 spiro atoms. The highest BCUT2D eigenvalue weighted by Gasteiger charge is 2.09. The second kappa shape index (κ2) is 8.31. The van der Waals surface area contributed by atoms with Gasteiger partial charge in [-0.15, -0.1) is 11.3 Å². The van der Waals surface area contributed by atoms with Crippen molar-refractivity contribution in [3.63, 3.8) is 0 Å². The monoisotopic (exact) mass is 456 g/mol. The number of nitrogens with one attached hydrogen (secondary N) is 1. The lowest BCUT2D eigenvalue weighted by atomic mass is 10.2. The van der Waals surface area contributed by atoms with E-state index in [9.17, 15) is 9.18 Å². The van der Waals surface area contributed by atoms with Crippen molar-refractivity contribution in [3.8, 4) is 11.3 Å². The molecule has 0 fully saturated rings. The van der Waals surface area contributed by atoms with E-state index in [2.05, 4.69) is 26.2 Å². The van der Waals surface area contributed by atoms with Crippen molar-refractivity contribution in [3.05, 3.63) is 63.2 Å². The zero-order valence-electron chi connectivity index (χ0n) is 12.6. The Hall–Kier alpha value is -1.41. The molecular weight excluding hydrogens is 447 g/mol. The molecule has 3 aromatic rings.